The van der Waals surface area contributed by atoms with E-state index >= 15 is 0 Å². The lowest BCUT2D eigenvalue weighted by molar-refractivity contribution is -0.152. The number of piperidine rings is 1. The number of pyridine rings is 1. The summed E-state index contributed by atoms with van der Waals surface area (Å²) in [5.41, 5.74) is 0.121. The molecule has 8 nitrogen and oxygen atoms in total. The average molecular weight is 464 g/mol. The molecule has 2 fully saturated rings. The first kappa shape index (κ1) is 23.6. The molecule has 2 aliphatic heterocycles. The van der Waals surface area contributed by atoms with Crippen molar-refractivity contribution in [2.24, 2.45) is 5.92 Å². The lowest BCUT2D eigenvalue weighted by atomic mass is 9.75. The first-order chi connectivity index (χ1) is 16.4. The summed E-state index contributed by atoms with van der Waals surface area (Å²) in [6.07, 6.45) is 4.41. The fourth-order valence-corrected chi connectivity index (χ4v) is 4.88. The van der Waals surface area contributed by atoms with Crippen molar-refractivity contribution >= 4 is 23.7 Å². The lowest BCUT2D eigenvalue weighted by Crippen LogP contribution is -2.47. The van der Waals surface area contributed by atoms with E-state index in [1.165, 1.54) is 4.90 Å². The third-order valence-electron chi connectivity index (χ3n) is 6.65. The summed E-state index contributed by atoms with van der Waals surface area (Å²) in [6, 6.07) is 12.6. The predicted octanol–water partition coefficient (Wildman–Crippen LogP) is 2.47. The molecule has 2 saturated heterocycles. The molecule has 0 unspecified atom stereocenters. The van der Waals surface area contributed by atoms with Crippen molar-refractivity contribution in [2.45, 2.75) is 44.6 Å². The molecule has 1 aromatic heterocycles. The minimum Gasteiger partial charge on any atom is -0.466 e. The number of hydrogen-bond donors (Lipinski definition) is 0. The van der Waals surface area contributed by atoms with Gasteiger partial charge in [0.05, 0.1) is 24.5 Å². The molecular formula is C26H29N3O5. The molecule has 0 saturated carbocycles. The number of amides is 3. The standard InChI is InChI=1S/C26H29N3O5/c1-2-34-24(32)20-9-7-13-28(18-20)22(30)14-26(21-10-4-3-5-11-21)15-23(31)29(25(26)33)17-19-8-6-12-27-16-19/h3-6,8,10-12,16,20H,2,7,9,13-15,17-18H2,1H3/t20-,26-/m1/s1. The van der Waals surface area contributed by atoms with Gasteiger partial charge in [0.15, 0.2) is 0 Å². The average Bonchev–Trinajstić information content (AvgIpc) is 3.10. The zero-order valence-electron chi connectivity index (χ0n) is 19.3. The third-order valence-corrected chi connectivity index (χ3v) is 6.65. The van der Waals surface area contributed by atoms with E-state index in [-0.39, 0.29) is 55.5 Å². The summed E-state index contributed by atoms with van der Waals surface area (Å²) in [6.45, 7) is 2.95. The van der Waals surface area contributed by atoms with Crippen molar-refractivity contribution in [3.8, 4) is 0 Å². The van der Waals surface area contributed by atoms with Crippen LogP contribution in [0.25, 0.3) is 0 Å². The zero-order chi connectivity index (χ0) is 24.1. The molecule has 0 spiro atoms. The molecule has 4 rings (SSSR count). The SMILES string of the molecule is CCOC(=O)[C@@H]1CCCN(C(=O)C[C@]2(c3ccccc3)CC(=O)N(Cc3cccnc3)C2=O)C1. The van der Waals surface area contributed by atoms with Crippen LogP contribution in [0.3, 0.4) is 0 Å². The highest BCUT2D eigenvalue weighted by atomic mass is 16.5. The van der Waals surface area contributed by atoms with Gasteiger partial charge in [-0.05, 0) is 37.0 Å². The van der Waals surface area contributed by atoms with Crippen LogP contribution in [-0.2, 0) is 35.9 Å². The van der Waals surface area contributed by atoms with Gasteiger partial charge in [-0.1, -0.05) is 36.4 Å². The molecular weight excluding hydrogens is 434 g/mol. The number of likely N-dealkylation sites (tertiary alicyclic amines) is 2. The maximum atomic E-state index is 13.8. The maximum Gasteiger partial charge on any atom is 0.310 e. The van der Waals surface area contributed by atoms with Gasteiger partial charge in [-0.15, -0.1) is 0 Å². The topological polar surface area (TPSA) is 96.9 Å². The number of esters is 1. The molecule has 8 heteroatoms. The first-order valence-corrected chi connectivity index (χ1v) is 11.7. The second-order valence-electron chi connectivity index (χ2n) is 8.88. The summed E-state index contributed by atoms with van der Waals surface area (Å²) >= 11 is 0. The Balaban J connectivity index is 1.59. The van der Waals surface area contributed by atoms with Crippen molar-refractivity contribution < 1.29 is 23.9 Å². The van der Waals surface area contributed by atoms with Gasteiger partial charge in [0.25, 0.3) is 0 Å². The first-order valence-electron chi connectivity index (χ1n) is 11.7. The Morgan fingerprint density at radius 3 is 2.65 bits per heavy atom. The molecule has 34 heavy (non-hydrogen) atoms. The van der Waals surface area contributed by atoms with Gasteiger partial charge in [0.1, 0.15) is 0 Å². The summed E-state index contributed by atoms with van der Waals surface area (Å²) in [5.74, 6) is -1.59. The van der Waals surface area contributed by atoms with E-state index in [1.807, 2.05) is 12.1 Å². The Hall–Kier alpha value is -3.55. The fourth-order valence-electron chi connectivity index (χ4n) is 4.88. The highest BCUT2D eigenvalue weighted by molar-refractivity contribution is 6.10. The van der Waals surface area contributed by atoms with Crippen molar-refractivity contribution in [2.75, 3.05) is 19.7 Å². The van der Waals surface area contributed by atoms with Crippen LogP contribution in [0.4, 0.5) is 0 Å². The van der Waals surface area contributed by atoms with E-state index < -0.39 is 5.41 Å². The molecule has 0 radical (unpaired) electrons. The Kier molecular flexibility index (Phi) is 7.05. The van der Waals surface area contributed by atoms with Gasteiger partial charge in [-0.3, -0.25) is 29.1 Å². The van der Waals surface area contributed by atoms with Crippen molar-refractivity contribution in [3.63, 3.8) is 0 Å². The Labute approximate surface area is 198 Å². The summed E-state index contributed by atoms with van der Waals surface area (Å²) in [7, 11) is 0. The second kappa shape index (κ2) is 10.2. The normalized spacial score (nSPS) is 22.7. The van der Waals surface area contributed by atoms with E-state index in [4.69, 9.17) is 4.74 Å². The van der Waals surface area contributed by atoms with Gasteiger partial charge in [-0.2, -0.15) is 0 Å². The Morgan fingerprint density at radius 1 is 1.15 bits per heavy atom. The molecule has 0 bridgehead atoms. The number of aromatic nitrogens is 1. The maximum absolute atomic E-state index is 13.8. The Morgan fingerprint density at radius 2 is 1.94 bits per heavy atom. The van der Waals surface area contributed by atoms with Crippen LogP contribution in [-0.4, -0.2) is 58.2 Å². The second-order valence-corrected chi connectivity index (χ2v) is 8.88. The number of benzene rings is 1. The molecule has 0 N–H and O–H groups in total. The molecule has 0 aliphatic carbocycles. The number of carbonyl (C=O) groups is 4. The van der Waals surface area contributed by atoms with Crippen LogP contribution in [0.2, 0.25) is 0 Å². The molecule has 2 aliphatic rings. The van der Waals surface area contributed by atoms with Crippen molar-refractivity contribution in [1.29, 1.82) is 0 Å². The van der Waals surface area contributed by atoms with Crippen molar-refractivity contribution in [3.05, 3.63) is 66.0 Å². The summed E-state index contributed by atoms with van der Waals surface area (Å²) < 4.78 is 5.15. The minimum absolute atomic E-state index is 0.0724. The summed E-state index contributed by atoms with van der Waals surface area (Å²) in [4.78, 5) is 59.4. The monoisotopic (exact) mass is 463 g/mol. The van der Waals surface area contributed by atoms with Gasteiger partial charge in [0.2, 0.25) is 17.7 Å². The van der Waals surface area contributed by atoms with Crippen LogP contribution >= 0.6 is 0 Å². The Bertz CT molecular complexity index is 1060. The van der Waals surface area contributed by atoms with Crippen LogP contribution in [0.5, 0.6) is 0 Å². The highest BCUT2D eigenvalue weighted by Gasteiger charge is 2.54. The number of ether oxygens (including phenoxy) is 1. The van der Waals surface area contributed by atoms with E-state index in [0.29, 0.717) is 31.6 Å². The van der Waals surface area contributed by atoms with Gasteiger partial charge in [0, 0.05) is 38.3 Å². The van der Waals surface area contributed by atoms with Crippen LogP contribution < -0.4 is 0 Å². The molecule has 178 valence electrons. The van der Waals surface area contributed by atoms with E-state index in [9.17, 15) is 19.2 Å². The van der Waals surface area contributed by atoms with E-state index in [2.05, 4.69) is 4.98 Å². The third kappa shape index (κ3) is 4.71. The number of carbonyl (C=O) groups excluding carboxylic acids is 4. The number of nitrogens with zero attached hydrogens (tertiary/aromatic N) is 3. The highest BCUT2D eigenvalue weighted by Crippen LogP contribution is 2.41. The van der Waals surface area contributed by atoms with Gasteiger partial charge in [-0.25, -0.2) is 0 Å². The molecule has 3 heterocycles. The zero-order valence-corrected chi connectivity index (χ0v) is 19.3. The molecule has 1 aromatic carbocycles. The van der Waals surface area contributed by atoms with Crippen molar-refractivity contribution in [1.82, 2.24) is 14.8 Å². The number of hydrogen-bond acceptors (Lipinski definition) is 6. The van der Waals surface area contributed by atoms with E-state index in [0.717, 1.165) is 5.56 Å². The molecule has 2 atom stereocenters. The van der Waals surface area contributed by atoms with Crippen LogP contribution in [0.1, 0.15) is 43.7 Å². The van der Waals surface area contributed by atoms with E-state index in [1.54, 1.807) is 54.5 Å². The quantitative estimate of drug-likeness (QED) is 0.462. The molecule has 2 aromatic rings. The smallest absolute Gasteiger partial charge is 0.310 e. The van der Waals surface area contributed by atoms with Crippen LogP contribution in [0, 0.1) is 5.92 Å². The van der Waals surface area contributed by atoms with Gasteiger partial charge >= 0.3 is 5.97 Å². The lowest BCUT2D eigenvalue weighted by Gasteiger charge is -2.34. The predicted molar refractivity (Wildman–Crippen MR) is 123 cm³/mol. The van der Waals surface area contributed by atoms with Gasteiger partial charge < -0.3 is 9.64 Å². The summed E-state index contributed by atoms with van der Waals surface area (Å²) in [5, 5.41) is 0. The minimum atomic E-state index is -1.27. The number of rotatable bonds is 7. The number of imide groups is 1. The fraction of sp³-hybridized carbons (Fsp3) is 0.423. The molecule has 3 amide bonds. The van der Waals surface area contributed by atoms with Crippen LogP contribution in [0.15, 0.2) is 54.9 Å². The largest absolute Gasteiger partial charge is 0.466 e.